The fourth-order valence-electron chi connectivity index (χ4n) is 3.45. The second-order valence-corrected chi connectivity index (χ2v) is 7.61. The molecule has 2 rings (SSSR count). The highest BCUT2D eigenvalue weighted by atomic mass is 16.5. The van der Waals surface area contributed by atoms with E-state index in [9.17, 15) is 9.59 Å². The number of allylic oxidation sites excluding steroid dienone is 1. The second-order valence-electron chi connectivity index (χ2n) is 7.61. The molecule has 1 aromatic rings. The third kappa shape index (κ3) is 6.39. The summed E-state index contributed by atoms with van der Waals surface area (Å²) in [5.74, 6) is -0.0440. The van der Waals surface area contributed by atoms with Crippen molar-refractivity contribution < 1.29 is 19.1 Å². The molecule has 0 spiro atoms. The van der Waals surface area contributed by atoms with Crippen LogP contribution in [0.15, 0.2) is 29.8 Å². The molecule has 0 saturated heterocycles. The maximum Gasteiger partial charge on any atom is 0.310 e. The molecule has 0 fully saturated rings. The van der Waals surface area contributed by atoms with Crippen LogP contribution in [0.5, 0.6) is 5.75 Å². The van der Waals surface area contributed by atoms with Gasteiger partial charge in [0.05, 0.1) is 13.0 Å². The molecule has 1 aromatic carbocycles. The number of amides is 1. The third-order valence-electron chi connectivity index (χ3n) is 5.44. The van der Waals surface area contributed by atoms with Crippen LogP contribution in [-0.4, -0.2) is 43.6 Å². The Labute approximate surface area is 168 Å². The van der Waals surface area contributed by atoms with Crippen LogP contribution in [0, 0.1) is 19.8 Å². The normalized spacial score (nSPS) is 14.8. The van der Waals surface area contributed by atoms with Crippen LogP contribution in [0.2, 0.25) is 0 Å². The van der Waals surface area contributed by atoms with Crippen LogP contribution in [0.1, 0.15) is 50.2 Å². The number of ether oxygens (including phenoxy) is 2. The van der Waals surface area contributed by atoms with Crippen LogP contribution < -0.4 is 4.74 Å². The van der Waals surface area contributed by atoms with Gasteiger partial charge in [-0.05, 0) is 63.1 Å². The summed E-state index contributed by atoms with van der Waals surface area (Å²) in [5.41, 5.74) is 3.58. The number of esters is 1. The molecule has 0 saturated carbocycles. The van der Waals surface area contributed by atoms with Crippen molar-refractivity contribution in [2.75, 3.05) is 26.8 Å². The van der Waals surface area contributed by atoms with Crippen LogP contribution in [0.25, 0.3) is 0 Å². The Kier molecular flexibility index (Phi) is 8.55. The highest BCUT2D eigenvalue weighted by Crippen LogP contribution is 2.22. The molecule has 0 N–H and O–H groups in total. The summed E-state index contributed by atoms with van der Waals surface area (Å²) in [7, 11) is 1.38. The fraction of sp³-hybridized carbons (Fsp3) is 0.565. The van der Waals surface area contributed by atoms with Gasteiger partial charge in [-0.2, -0.15) is 0 Å². The summed E-state index contributed by atoms with van der Waals surface area (Å²) in [4.78, 5) is 26.4. The maximum atomic E-state index is 12.9. The van der Waals surface area contributed by atoms with E-state index in [4.69, 9.17) is 9.47 Å². The third-order valence-corrected chi connectivity index (χ3v) is 5.44. The van der Waals surface area contributed by atoms with E-state index >= 15 is 0 Å². The Morgan fingerprint density at radius 3 is 2.68 bits per heavy atom. The summed E-state index contributed by atoms with van der Waals surface area (Å²) in [6.07, 6.45) is 7.83. The number of nitrogens with zero attached hydrogens (tertiary/aromatic N) is 1. The zero-order chi connectivity index (χ0) is 20.5. The molecular formula is C23H33NO4. The largest absolute Gasteiger partial charge is 0.483 e. The number of carbonyl (C=O) groups excluding carboxylic acids is 2. The minimum absolute atomic E-state index is 0.0305. The minimum atomic E-state index is -0.366. The van der Waals surface area contributed by atoms with Crippen molar-refractivity contribution in [1.82, 2.24) is 4.90 Å². The predicted octanol–water partition coefficient (Wildman–Crippen LogP) is 4.21. The zero-order valence-corrected chi connectivity index (χ0v) is 17.6. The molecule has 0 radical (unpaired) electrons. The molecule has 1 amide bonds. The van der Waals surface area contributed by atoms with Gasteiger partial charge in [0.2, 0.25) is 0 Å². The standard InChI is InChI=1S/C23H33NO4/c1-17-9-8-12-21(19(17)3)28-16-22(25)24(15-18(2)23(26)27-4)14-13-20-10-6-5-7-11-20/h8-10,12,18H,5-7,11,13-16H2,1-4H3. The van der Waals surface area contributed by atoms with E-state index in [1.807, 2.05) is 32.0 Å². The SMILES string of the molecule is COC(=O)C(C)CN(CCC1=CCCCC1)C(=O)COc1cccc(C)c1C. The fourth-order valence-corrected chi connectivity index (χ4v) is 3.45. The topological polar surface area (TPSA) is 55.8 Å². The molecule has 0 aliphatic heterocycles. The molecule has 5 nitrogen and oxygen atoms in total. The average molecular weight is 388 g/mol. The van der Waals surface area contributed by atoms with E-state index in [0.717, 1.165) is 36.1 Å². The predicted molar refractivity (Wildman–Crippen MR) is 110 cm³/mol. The van der Waals surface area contributed by atoms with Crippen LogP contribution in [0.3, 0.4) is 0 Å². The van der Waals surface area contributed by atoms with Gasteiger partial charge in [-0.1, -0.05) is 30.7 Å². The zero-order valence-electron chi connectivity index (χ0n) is 17.6. The lowest BCUT2D eigenvalue weighted by atomic mass is 9.97. The first kappa shape index (κ1) is 22.0. The Morgan fingerprint density at radius 2 is 2.00 bits per heavy atom. The van der Waals surface area contributed by atoms with Gasteiger partial charge in [0.25, 0.3) is 5.91 Å². The van der Waals surface area contributed by atoms with Crippen molar-refractivity contribution >= 4 is 11.9 Å². The summed E-state index contributed by atoms with van der Waals surface area (Å²) in [6.45, 7) is 6.71. The van der Waals surface area contributed by atoms with Crippen molar-refractivity contribution in [2.24, 2.45) is 5.92 Å². The lowest BCUT2D eigenvalue weighted by Gasteiger charge is -2.26. The van der Waals surface area contributed by atoms with Crippen LogP contribution in [-0.2, 0) is 14.3 Å². The van der Waals surface area contributed by atoms with Crippen molar-refractivity contribution in [3.05, 3.63) is 41.0 Å². The van der Waals surface area contributed by atoms with Gasteiger partial charge in [0.15, 0.2) is 6.61 Å². The second kappa shape index (κ2) is 10.9. The summed E-state index contributed by atoms with van der Waals surface area (Å²) in [5, 5.41) is 0. The van der Waals surface area contributed by atoms with Crippen molar-refractivity contribution in [2.45, 2.75) is 52.9 Å². The van der Waals surface area contributed by atoms with E-state index < -0.39 is 0 Å². The van der Waals surface area contributed by atoms with Gasteiger partial charge in [-0.15, -0.1) is 0 Å². The Morgan fingerprint density at radius 1 is 1.21 bits per heavy atom. The quantitative estimate of drug-likeness (QED) is 0.470. The molecule has 0 bridgehead atoms. The van der Waals surface area contributed by atoms with Crippen molar-refractivity contribution in [3.63, 3.8) is 0 Å². The van der Waals surface area contributed by atoms with Crippen LogP contribution >= 0.6 is 0 Å². The number of carbonyl (C=O) groups is 2. The first-order valence-electron chi connectivity index (χ1n) is 10.1. The molecule has 1 aliphatic rings. The Balaban J connectivity index is 2.00. The number of aryl methyl sites for hydroxylation is 1. The number of benzene rings is 1. The van der Waals surface area contributed by atoms with Gasteiger partial charge in [0.1, 0.15) is 5.75 Å². The van der Waals surface area contributed by atoms with Gasteiger partial charge in [-0.25, -0.2) is 0 Å². The Bertz CT molecular complexity index is 711. The molecule has 28 heavy (non-hydrogen) atoms. The molecule has 154 valence electrons. The van der Waals surface area contributed by atoms with Crippen molar-refractivity contribution in [1.29, 1.82) is 0 Å². The van der Waals surface area contributed by atoms with Gasteiger partial charge < -0.3 is 14.4 Å². The van der Waals surface area contributed by atoms with E-state index in [0.29, 0.717) is 13.1 Å². The summed E-state index contributed by atoms with van der Waals surface area (Å²) < 4.78 is 10.6. The van der Waals surface area contributed by atoms with Gasteiger partial charge in [-0.3, -0.25) is 9.59 Å². The lowest BCUT2D eigenvalue weighted by Crippen LogP contribution is -2.40. The summed E-state index contributed by atoms with van der Waals surface area (Å²) >= 11 is 0. The number of rotatable bonds is 9. The number of hydrogen-bond acceptors (Lipinski definition) is 4. The minimum Gasteiger partial charge on any atom is -0.483 e. The van der Waals surface area contributed by atoms with E-state index in [1.54, 1.807) is 11.8 Å². The van der Waals surface area contributed by atoms with Crippen LogP contribution in [0.4, 0.5) is 0 Å². The number of methoxy groups -OCH3 is 1. The average Bonchev–Trinajstić information content (AvgIpc) is 2.71. The van der Waals surface area contributed by atoms with Gasteiger partial charge >= 0.3 is 5.97 Å². The highest BCUT2D eigenvalue weighted by Gasteiger charge is 2.22. The van der Waals surface area contributed by atoms with E-state index in [-0.39, 0.29) is 24.4 Å². The first-order valence-corrected chi connectivity index (χ1v) is 10.1. The molecular weight excluding hydrogens is 354 g/mol. The smallest absolute Gasteiger partial charge is 0.310 e. The molecule has 0 heterocycles. The first-order chi connectivity index (χ1) is 13.4. The van der Waals surface area contributed by atoms with E-state index in [2.05, 4.69) is 6.08 Å². The van der Waals surface area contributed by atoms with E-state index in [1.165, 1.54) is 25.5 Å². The molecule has 1 unspecified atom stereocenters. The number of hydrogen-bond donors (Lipinski definition) is 0. The maximum absolute atomic E-state index is 12.9. The van der Waals surface area contributed by atoms with Crippen molar-refractivity contribution in [3.8, 4) is 5.75 Å². The lowest BCUT2D eigenvalue weighted by molar-refractivity contribution is -0.146. The molecule has 1 atom stereocenters. The Hall–Kier alpha value is -2.30. The molecule has 1 aliphatic carbocycles. The molecule has 0 aromatic heterocycles. The van der Waals surface area contributed by atoms with Gasteiger partial charge in [0, 0.05) is 13.1 Å². The molecule has 5 heteroatoms. The highest BCUT2D eigenvalue weighted by molar-refractivity contribution is 5.79. The monoisotopic (exact) mass is 387 g/mol. The summed E-state index contributed by atoms with van der Waals surface area (Å²) in [6, 6.07) is 5.82.